The van der Waals surface area contributed by atoms with Crippen molar-refractivity contribution in [2.45, 2.75) is 19.4 Å². The number of benzene rings is 1. The highest BCUT2D eigenvalue weighted by Gasteiger charge is 2.34. The van der Waals surface area contributed by atoms with Gasteiger partial charge >= 0.3 is 0 Å². The van der Waals surface area contributed by atoms with Crippen LogP contribution in [0.1, 0.15) is 13.8 Å². The summed E-state index contributed by atoms with van der Waals surface area (Å²) in [7, 11) is 1.66. The Bertz CT molecular complexity index is 426. The predicted molar refractivity (Wildman–Crippen MR) is 66.0 cm³/mol. The van der Waals surface area contributed by atoms with E-state index in [9.17, 15) is 0 Å². The van der Waals surface area contributed by atoms with E-state index in [4.69, 9.17) is 10.5 Å². The van der Waals surface area contributed by atoms with Crippen LogP contribution in [0.5, 0.6) is 5.75 Å². The number of guanidine groups is 1. The number of hydrogen-bond donors (Lipinski definition) is 1. The van der Waals surface area contributed by atoms with Crippen molar-refractivity contribution in [2.75, 3.05) is 18.6 Å². The summed E-state index contributed by atoms with van der Waals surface area (Å²) in [6.45, 7) is 4.96. The fourth-order valence-corrected chi connectivity index (χ4v) is 1.96. The molecule has 0 saturated carbocycles. The van der Waals surface area contributed by atoms with E-state index in [1.807, 2.05) is 29.2 Å². The van der Waals surface area contributed by atoms with E-state index in [1.54, 1.807) is 7.11 Å². The molecule has 0 aromatic heterocycles. The summed E-state index contributed by atoms with van der Waals surface area (Å²) in [5.74, 6) is 1.39. The maximum atomic E-state index is 5.91. The SMILES string of the molecule is COc1cccc(N2C(N)=NCC2(C)C)c1. The molecule has 2 N–H and O–H groups in total. The van der Waals surface area contributed by atoms with E-state index < -0.39 is 0 Å². The van der Waals surface area contributed by atoms with Gasteiger partial charge in [-0.1, -0.05) is 6.07 Å². The molecule has 0 unspecified atom stereocenters. The van der Waals surface area contributed by atoms with Crippen molar-refractivity contribution < 1.29 is 4.74 Å². The lowest BCUT2D eigenvalue weighted by atomic mass is 10.0. The molecule has 1 heterocycles. The van der Waals surface area contributed by atoms with Crippen molar-refractivity contribution in [3.63, 3.8) is 0 Å². The summed E-state index contributed by atoms with van der Waals surface area (Å²) < 4.78 is 5.21. The topological polar surface area (TPSA) is 50.9 Å². The van der Waals surface area contributed by atoms with Crippen LogP contribution in [0.3, 0.4) is 0 Å². The molecular formula is C12H17N3O. The quantitative estimate of drug-likeness (QED) is 0.822. The third-order valence-electron chi connectivity index (χ3n) is 2.77. The van der Waals surface area contributed by atoms with E-state index in [0.29, 0.717) is 5.96 Å². The maximum absolute atomic E-state index is 5.91. The Hall–Kier alpha value is -1.71. The monoisotopic (exact) mass is 219 g/mol. The van der Waals surface area contributed by atoms with Gasteiger partial charge < -0.3 is 15.4 Å². The van der Waals surface area contributed by atoms with E-state index >= 15 is 0 Å². The Morgan fingerprint density at radius 2 is 2.19 bits per heavy atom. The van der Waals surface area contributed by atoms with Gasteiger partial charge in [-0.3, -0.25) is 4.99 Å². The molecule has 4 heteroatoms. The average Bonchev–Trinajstić information content (AvgIpc) is 2.53. The first kappa shape index (κ1) is 10.8. The third kappa shape index (κ3) is 1.71. The number of methoxy groups -OCH3 is 1. The summed E-state index contributed by atoms with van der Waals surface area (Å²) in [4.78, 5) is 6.32. The Kier molecular flexibility index (Phi) is 2.50. The van der Waals surface area contributed by atoms with Crippen LogP contribution in [0.15, 0.2) is 29.3 Å². The second-order valence-corrected chi connectivity index (χ2v) is 4.52. The number of aliphatic imine (C=N–C) groups is 1. The minimum absolute atomic E-state index is 0.0730. The predicted octanol–water partition coefficient (Wildman–Crippen LogP) is 1.61. The molecule has 0 radical (unpaired) electrons. The van der Waals surface area contributed by atoms with Gasteiger partial charge in [0.05, 0.1) is 19.2 Å². The molecule has 0 aliphatic carbocycles. The van der Waals surface area contributed by atoms with E-state index in [-0.39, 0.29) is 5.54 Å². The summed E-state index contributed by atoms with van der Waals surface area (Å²) in [5.41, 5.74) is 6.86. The van der Waals surface area contributed by atoms with E-state index in [0.717, 1.165) is 18.0 Å². The Labute approximate surface area is 95.7 Å². The van der Waals surface area contributed by atoms with Gasteiger partial charge in [0.15, 0.2) is 5.96 Å². The van der Waals surface area contributed by atoms with E-state index in [1.165, 1.54) is 0 Å². The molecule has 86 valence electrons. The lowest BCUT2D eigenvalue weighted by molar-refractivity contribution is 0.414. The van der Waals surface area contributed by atoms with Crippen LogP contribution in [-0.4, -0.2) is 25.2 Å². The number of nitrogens with zero attached hydrogens (tertiary/aromatic N) is 2. The van der Waals surface area contributed by atoms with Crippen molar-refractivity contribution in [3.8, 4) is 5.75 Å². The van der Waals surface area contributed by atoms with Crippen molar-refractivity contribution in [3.05, 3.63) is 24.3 Å². The zero-order valence-electron chi connectivity index (χ0n) is 9.90. The Morgan fingerprint density at radius 3 is 2.75 bits per heavy atom. The molecule has 1 aliphatic rings. The summed E-state index contributed by atoms with van der Waals surface area (Å²) in [6.07, 6.45) is 0. The van der Waals surface area contributed by atoms with Gasteiger partial charge in [-0.2, -0.15) is 0 Å². The number of rotatable bonds is 2. The molecule has 0 spiro atoms. The molecule has 0 amide bonds. The van der Waals surface area contributed by atoms with Crippen LogP contribution < -0.4 is 15.4 Å². The first-order valence-corrected chi connectivity index (χ1v) is 5.29. The Balaban J connectivity index is 2.39. The smallest absolute Gasteiger partial charge is 0.196 e. The first-order valence-electron chi connectivity index (χ1n) is 5.29. The molecule has 0 fully saturated rings. The fourth-order valence-electron chi connectivity index (χ4n) is 1.96. The molecule has 0 atom stereocenters. The molecule has 1 aromatic rings. The molecule has 1 aromatic carbocycles. The molecule has 0 bridgehead atoms. The summed E-state index contributed by atoms with van der Waals surface area (Å²) >= 11 is 0. The minimum atomic E-state index is -0.0730. The largest absolute Gasteiger partial charge is 0.497 e. The van der Waals surface area contributed by atoms with Crippen LogP contribution >= 0.6 is 0 Å². The van der Waals surface area contributed by atoms with Gasteiger partial charge in [0.25, 0.3) is 0 Å². The fraction of sp³-hybridized carbons (Fsp3) is 0.417. The second kappa shape index (κ2) is 3.70. The van der Waals surface area contributed by atoms with Gasteiger partial charge in [0, 0.05) is 11.8 Å². The number of hydrogen-bond acceptors (Lipinski definition) is 4. The molecule has 4 nitrogen and oxygen atoms in total. The second-order valence-electron chi connectivity index (χ2n) is 4.52. The normalized spacial score (nSPS) is 18.4. The van der Waals surface area contributed by atoms with Crippen molar-refractivity contribution >= 4 is 11.6 Å². The van der Waals surface area contributed by atoms with Gasteiger partial charge in [-0.25, -0.2) is 0 Å². The van der Waals surface area contributed by atoms with Gasteiger partial charge in [0.1, 0.15) is 5.75 Å². The van der Waals surface area contributed by atoms with Crippen molar-refractivity contribution in [1.82, 2.24) is 0 Å². The highest BCUT2D eigenvalue weighted by atomic mass is 16.5. The number of ether oxygens (including phenoxy) is 1. The van der Waals surface area contributed by atoms with Crippen LogP contribution in [0.25, 0.3) is 0 Å². The molecule has 1 aliphatic heterocycles. The zero-order chi connectivity index (χ0) is 11.8. The maximum Gasteiger partial charge on any atom is 0.196 e. The number of anilines is 1. The first-order chi connectivity index (χ1) is 7.54. The summed E-state index contributed by atoms with van der Waals surface area (Å²) in [6, 6.07) is 7.85. The molecule has 0 saturated heterocycles. The Morgan fingerprint density at radius 1 is 1.44 bits per heavy atom. The lowest BCUT2D eigenvalue weighted by Crippen LogP contribution is -2.47. The standard InChI is InChI=1S/C12H17N3O/c1-12(2)8-14-11(13)15(12)9-5-4-6-10(7-9)16-3/h4-7H,8H2,1-3H3,(H2,13,14). The molecule has 16 heavy (non-hydrogen) atoms. The van der Waals surface area contributed by atoms with Crippen LogP contribution in [0, 0.1) is 0 Å². The molecular weight excluding hydrogens is 202 g/mol. The summed E-state index contributed by atoms with van der Waals surface area (Å²) in [5, 5.41) is 0. The average molecular weight is 219 g/mol. The highest BCUT2D eigenvalue weighted by Crippen LogP contribution is 2.30. The minimum Gasteiger partial charge on any atom is -0.497 e. The lowest BCUT2D eigenvalue weighted by Gasteiger charge is -2.32. The highest BCUT2D eigenvalue weighted by molar-refractivity contribution is 5.98. The van der Waals surface area contributed by atoms with E-state index in [2.05, 4.69) is 18.8 Å². The van der Waals surface area contributed by atoms with Gasteiger partial charge in [0.2, 0.25) is 0 Å². The van der Waals surface area contributed by atoms with Crippen LogP contribution in [-0.2, 0) is 0 Å². The van der Waals surface area contributed by atoms with Crippen LogP contribution in [0.2, 0.25) is 0 Å². The third-order valence-corrected chi connectivity index (χ3v) is 2.77. The molecule has 2 rings (SSSR count). The zero-order valence-corrected chi connectivity index (χ0v) is 9.90. The van der Waals surface area contributed by atoms with Crippen molar-refractivity contribution in [1.29, 1.82) is 0 Å². The van der Waals surface area contributed by atoms with Gasteiger partial charge in [-0.05, 0) is 26.0 Å². The van der Waals surface area contributed by atoms with Crippen LogP contribution in [0.4, 0.5) is 5.69 Å². The van der Waals surface area contributed by atoms with Crippen molar-refractivity contribution in [2.24, 2.45) is 10.7 Å². The van der Waals surface area contributed by atoms with Gasteiger partial charge in [-0.15, -0.1) is 0 Å². The number of nitrogens with two attached hydrogens (primary N) is 1.